The van der Waals surface area contributed by atoms with Crippen molar-refractivity contribution in [3.63, 3.8) is 0 Å². The first-order chi connectivity index (χ1) is 12.6. The van der Waals surface area contributed by atoms with Gasteiger partial charge in [-0.2, -0.15) is 0 Å². The molecule has 5 nitrogen and oxygen atoms in total. The first kappa shape index (κ1) is 16.9. The zero-order valence-electron chi connectivity index (χ0n) is 14.0. The second kappa shape index (κ2) is 7.02. The molecular weight excluding hydrogens is 354 g/mol. The zero-order valence-corrected chi connectivity index (χ0v) is 14.8. The highest BCUT2D eigenvalue weighted by atomic mass is 35.5. The number of nitrogens with zero attached hydrogens (tertiary/aromatic N) is 1. The van der Waals surface area contributed by atoms with Gasteiger partial charge in [-0.05, 0) is 35.9 Å². The molecule has 0 atom stereocenters. The maximum Gasteiger partial charge on any atom is 0.309 e. The minimum Gasteiger partial charge on any atom is -0.489 e. The predicted octanol–water partition coefficient (Wildman–Crippen LogP) is 4.18. The van der Waals surface area contributed by atoms with Crippen molar-refractivity contribution in [3.05, 3.63) is 64.9 Å². The van der Waals surface area contributed by atoms with E-state index >= 15 is 0 Å². The molecule has 26 heavy (non-hydrogen) atoms. The number of carboxylic acid groups (broad SMARTS) is 1. The molecule has 1 N–H and O–H groups in total. The molecule has 2 heterocycles. The van der Waals surface area contributed by atoms with Gasteiger partial charge >= 0.3 is 5.97 Å². The Hall–Kier alpha value is -2.50. The molecule has 3 aromatic rings. The molecule has 1 aliphatic rings. The summed E-state index contributed by atoms with van der Waals surface area (Å²) >= 11 is 6.05. The summed E-state index contributed by atoms with van der Waals surface area (Å²) in [5, 5.41) is 10.5. The lowest BCUT2D eigenvalue weighted by Crippen LogP contribution is -2.49. The van der Waals surface area contributed by atoms with Crippen LogP contribution in [-0.2, 0) is 17.9 Å². The SMILES string of the molecule is O=C(O)C1CN(Cc2ccc(OCc3coc4ccc(Cl)cc34)cc2)C1. The van der Waals surface area contributed by atoms with Gasteiger partial charge in [-0.25, -0.2) is 0 Å². The number of likely N-dealkylation sites (tertiary alicyclic amines) is 1. The number of benzene rings is 2. The number of carboxylic acids is 1. The molecule has 0 aliphatic carbocycles. The van der Waals surface area contributed by atoms with Crippen LogP contribution < -0.4 is 4.74 Å². The molecule has 1 aliphatic heterocycles. The second-order valence-corrected chi connectivity index (χ2v) is 7.00. The predicted molar refractivity (Wildman–Crippen MR) is 98.4 cm³/mol. The third-order valence-electron chi connectivity index (χ3n) is 4.65. The number of aliphatic carboxylic acids is 1. The number of hydrogen-bond donors (Lipinski definition) is 1. The average molecular weight is 372 g/mol. The van der Waals surface area contributed by atoms with Gasteiger partial charge in [-0.1, -0.05) is 23.7 Å². The Morgan fingerprint density at radius 2 is 2.00 bits per heavy atom. The van der Waals surface area contributed by atoms with Gasteiger partial charge in [0.2, 0.25) is 0 Å². The first-order valence-corrected chi connectivity index (χ1v) is 8.79. The van der Waals surface area contributed by atoms with E-state index in [2.05, 4.69) is 4.90 Å². The largest absolute Gasteiger partial charge is 0.489 e. The summed E-state index contributed by atoms with van der Waals surface area (Å²) in [5.74, 6) is -0.161. The number of halogens is 1. The second-order valence-electron chi connectivity index (χ2n) is 6.56. The molecule has 0 spiro atoms. The van der Waals surface area contributed by atoms with Gasteiger partial charge in [0.1, 0.15) is 17.9 Å². The summed E-state index contributed by atoms with van der Waals surface area (Å²) < 4.78 is 11.4. The van der Waals surface area contributed by atoms with Crippen LogP contribution >= 0.6 is 11.6 Å². The van der Waals surface area contributed by atoms with E-state index in [0.29, 0.717) is 24.7 Å². The third-order valence-corrected chi connectivity index (χ3v) is 4.88. The van der Waals surface area contributed by atoms with Crippen molar-refractivity contribution in [2.24, 2.45) is 5.92 Å². The van der Waals surface area contributed by atoms with Crippen LogP contribution in [0.4, 0.5) is 0 Å². The van der Waals surface area contributed by atoms with Gasteiger partial charge in [0.15, 0.2) is 0 Å². The normalized spacial score (nSPS) is 15.1. The smallest absolute Gasteiger partial charge is 0.309 e. The number of rotatable bonds is 6. The van der Waals surface area contributed by atoms with Crippen molar-refractivity contribution < 1.29 is 19.1 Å². The molecule has 1 aromatic heterocycles. The highest BCUT2D eigenvalue weighted by molar-refractivity contribution is 6.31. The van der Waals surface area contributed by atoms with Gasteiger partial charge < -0.3 is 14.3 Å². The van der Waals surface area contributed by atoms with Crippen molar-refractivity contribution in [2.45, 2.75) is 13.2 Å². The van der Waals surface area contributed by atoms with E-state index in [0.717, 1.165) is 34.4 Å². The Labute approximate surface area is 155 Å². The number of fused-ring (bicyclic) bond motifs is 1. The van der Waals surface area contributed by atoms with Crippen LogP contribution in [0.25, 0.3) is 11.0 Å². The lowest BCUT2D eigenvalue weighted by atomic mass is 10.00. The molecule has 0 amide bonds. The number of ether oxygens (including phenoxy) is 1. The Bertz CT molecular complexity index is 929. The molecule has 0 radical (unpaired) electrons. The van der Waals surface area contributed by atoms with Gasteiger partial charge in [0.05, 0.1) is 12.2 Å². The molecule has 6 heteroatoms. The number of furan rings is 1. The molecular formula is C20H18ClNO4. The Kier molecular flexibility index (Phi) is 4.57. The average Bonchev–Trinajstić information content (AvgIpc) is 2.98. The third kappa shape index (κ3) is 3.54. The van der Waals surface area contributed by atoms with Crippen LogP contribution in [0.1, 0.15) is 11.1 Å². The van der Waals surface area contributed by atoms with Crippen molar-refractivity contribution in [3.8, 4) is 5.75 Å². The Morgan fingerprint density at radius 3 is 2.73 bits per heavy atom. The molecule has 4 rings (SSSR count). The van der Waals surface area contributed by atoms with Crippen LogP contribution in [0.2, 0.25) is 5.02 Å². The van der Waals surface area contributed by atoms with Crippen LogP contribution in [0.15, 0.2) is 53.1 Å². The summed E-state index contributed by atoms with van der Waals surface area (Å²) in [6.45, 7) is 2.39. The topological polar surface area (TPSA) is 62.9 Å². The highest BCUT2D eigenvalue weighted by Gasteiger charge is 2.32. The van der Waals surface area contributed by atoms with Crippen molar-refractivity contribution in [2.75, 3.05) is 13.1 Å². The molecule has 1 fully saturated rings. The maximum atomic E-state index is 10.8. The Balaban J connectivity index is 1.34. The fourth-order valence-corrected chi connectivity index (χ4v) is 3.30. The van der Waals surface area contributed by atoms with Crippen LogP contribution in [-0.4, -0.2) is 29.1 Å². The summed E-state index contributed by atoms with van der Waals surface area (Å²) in [6.07, 6.45) is 1.69. The Morgan fingerprint density at radius 1 is 1.23 bits per heavy atom. The zero-order chi connectivity index (χ0) is 18.1. The van der Waals surface area contributed by atoms with Gasteiger partial charge in [0.25, 0.3) is 0 Å². The van der Waals surface area contributed by atoms with Crippen LogP contribution in [0.5, 0.6) is 5.75 Å². The lowest BCUT2D eigenvalue weighted by Gasteiger charge is -2.36. The number of carbonyl (C=O) groups is 1. The van der Waals surface area contributed by atoms with Gasteiger partial charge in [-0.15, -0.1) is 0 Å². The first-order valence-electron chi connectivity index (χ1n) is 8.41. The van der Waals surface area contributed by atoms with E-state index in [-0.39, 0.29) is 5.92 Å². The van der Waals surface area contributed by atoms with E-state index in [1.807, 2.05) is 36.4 Å². The summed E-state index contributed by atoms with van der Waals surface area (Å²) in [7, 11) is 0. The molecule has 0 bridgehead atoms. The van der Waals surface area contributed by atoms with Crippen molar-refractivity contribution in [1.82, 2.24) is 4.90 Å². The fraction of sp³-hybridized carbons (Fsp3) is 0.250. The van der Waals surface area contributed by atoms with Crippen molar-refractivity contribution in [1.29, 1.82) is 0 Å². The molecule has 0 unspecified atom stereocenters. The van der Waals surface area contributed by atoms with E-state index < -0.39 is 5.97 Å². The number of hydrogen-bond acceptors (Lipinski definition) is 4. The summed E-state index contributed by atoms with van der Waals surface area (Å²) in [6, 6.07) is 13.4. The van der Waals surface area contributed by atoms with E-state index in [1.165, 1.54) is 0 Å². The van der Waals surface area contributed by atoms with E-state index in [9.17, 15) is 4.79 Å². The maximum absolute atomic E-state index is 10.8. The van der Waals surface area contributed by atoms with Crippen molar-refractivity contribution >= 4 is 28.5 Å². The lowest BCUT2D eigenvalue weighted by molar-refractivity contribution is -0.147. The van der Waals surface area contributed by atoms with Crippen LogP contribution in [0.3, 0.4) is 0 Å². The van der Waals surface area contributed by atoms with Gasteiger partial charge in [-0.3, -0.25) is 9.69 Å². The highest BCUT2D eigenvalue weighted by Crippen LogP contribution is 2.26. The minimum absolute atomic E-state index is 0.226. The van der Waals surface area contributed by atoms with Crippen LogP contribution in [0, 0.1) is 5.92 Å². The summed E-state index contributed by atoms with van der Waals surface area (Å²) in [4.78, 5) is 13.0. The standard InChI is InChI=1S/C20H18ClNO4/c21-16-3-6-19-18(7-16)15(12-26-19)11-25-17-4-1-13(2-5-17)8-22-9-14(10-22)20(23)24/h1-7,12,14H,8-11H2,(H,23,24). The molecule has 1 saturated heterocycles. The molecule has 0 saturated carbocycles. The quantitative estimate of drug-likeness (QED) is 0.704. The van der Waals surface area contributed by atoms with Gasteiger partial charge in [0, 0.05) is 35.6 Å². The minimum atomic E-state index is -0.710. The molecule has 134 valence electrons. The molecule has 2 aromatic carbocycles. The fourth-order valence-electron chi connectivity index (χ4n) is 3.13. The monoisotopic (exact) mass is 371 g/mol. The van der Waals surface area contributed by atoms with E-state index in [1.54, 1.807) is 12.3 Å². The summed E-state index contributed by atoms with van der Waals surface area (Å²) in [5.41, 5.74) is 2.88. The van der Waals surface area contributed by atoms with E-state index in [4.69, 9.17) is 25.9 Å².